The fourth-order valence-corrected chi connectivity index (χ4v) is 2.55. The first-order valence-corrected chi connectivity index (χ1v) is 6.40. The summed E-state index contributed by atoms with van der Waals surface area (Å²) in [7, 11) is 0. The minimum absolute atomic E-state index is 0.0520. The van der Waals surface area contributed by atoms with Gasteiger partial charge in [0.15, 0.2) is 0 Å². The summed E-state index contributed by atoms with van der Waals surface area (Å²) < 4.78 is 0. The molecule has 0 bridgehead atoms. The highest BCUT2D eigenvalue weighted by Gasteiger charge is 2.26. The molecule has 1 aliphatic rings. The number of nitro groups is 1. The van der Waals surface area contributed by atoms with E-state index in [0.717, 1.165) is 12.5 Å². The van der Waals surface area contributed by atoms with E-state index in [2.05, 4.69) is 0 Å². The molecule has 0 saturated carbocycles. The van der Waals surface area contributed by atoms with Crippen LogP contribution < -0.4 is 4.90 Å². The summed E-state index contributed by atoms with van der Waals surface area (Å²) in [5, 5.41) is 28.9. The third-order valence-electron chi connectivity index (χ3n) is 3.59. The van der Waals surface area contributed by atoms with Gasteiger partial charge < -0.3 is 15.1 Å². The first-order valence-electron chi connectivity index (χ1n) is 6.40. The monoisotopic (exact) mass is 280 g/mol. The Hall–Kier alpha value is -2.15. The van der Waals surface area contributed by atoms with Crippen LogP contribution in [0.3, 0.4) is 0 Å². The van der Waals surface area contributed by atoms with Gasteiger partial charge in [0.25, 0.3) is 5.69 Å². The Morgan fingerprint density at radius 1 is 1.50 bits per heavy atom. The Balaban J connectivity index is 2.28. The Labute approximate surface area is 115 Å². The molecule has 1 aliphatic heterocycles. The molecular formula is C13H16N2O5. The van der Waals surface area contributed by atoms with Gasteiger partial charge in [-0.15, -0.1) is 0 Å². The molecule has 0 aromatic heterocycles. The number of anilines is 1. The van der Waals surface area contributed by atoms with Gasteiger partial charge in [0.05, 0.1) is 16.2 Å². The van der Waals surface area contributed by atoms with Crippen LogP contribution in [0.15, 0.2) is 18.2 Å². The fraction of sp³-hybridized carbons (Fsp3) is 0.462. The van der Waals surface area contributed by atoms with Crippen molar-refractivity contribution in [3.63, 3.8) is 0 Å². The van der Waals surface area contributed by atoms with E-state index in [-0.39, 0.29) is 17.9 Å². The molecule has 1 atom stereocenters. The molecule has 0 amide bonds. The molecule has 108 valence electrons. The summed E-state index contributed by atoms with van der Waals surface area (Å²) in [4.78, 5) is 23.3. The average Bonchev–Trinajstić information content (AvgIpc) is 2.86. The third kappa shape index (κ3) is 2.88. The number of non-ortho nitro benzene ring substituents is 1. The maximum atomic E-state index is 11.3. The van der Waals surface area contributed by atoms with Crippen LogP contribution >= 0.6 is 0 Å². The van der Waals surface area contributed by atoms with Crippen molar-refractivity contribution >= 4 is 17.3 Å². The molecule has 1 aromatic carbocycles. The first kappa shape index (κ1) is 14.3. The number of nitro benzene ring substituents is 1. The van der Waals surface area contributed by atoms with Crippen LogP contribution in [0.25, 0.3) is 0 Å². The molecule has 20 heavy (non-hydrogen) atoms. The summed E-state index contributed by atoms with van der Waals surface area (Å²) in [6.45, 7) is 1.48. The zero-order chi connectivity index (χ0) is 14.7. The molecule has 2 N–H and O–H groups in total. The van der Waals surface area contributed by atoms with Crippen LogP contribution in [0, 0.1) is 16.0 Å². The molecule has 1 heterocycles. The van der Waals surface area contributed by atoms with E-state index in [1.165, 1.54) is 12.1 Å². The van der Waals surface area contributed by atoms with Crippen molar-refractivity contribution in [1.29, 1.82) is 0 Å². The van der Waals surface area contributed by atoms with Gasteiger partial charge >= 0.3 is 5.97 Å². The number of carboxylic acid groups (broad SMARTS) is 1. The highest BCUT2D eigenvalue weighted by molar-refractivity contribution is 5.95. The second-order valence-corrected chi connectivity index (χ2v) is 4.88. The molecule has 1 aromatic rings. The van der Waals surface area contributed by atoms with Crippen molar-refractivity contribution in [2.75, 3.05) is 24.6 Å². The van der Waals surface area contributed by atoms with Gasteiger partial charge in [-0.3, -0.25) is 10.1 Å². The molecule has 7 nitrogen and oxygen atoms in total. The van der Waals surface area contributed by atoms with E-state index in [1.54, 1.807) is 0 Å². The number of aliphatic hydroxyl groups is 1. The van der Waals surface area contributed by atoms with Gasteiger partial charge in [0, 0.05) is 31.8 Å². The van der Waals surface area contributed by atoms with Crippen LogP contribution in [0.2, 0.25) is 0 Å². The Morgan fingerprint density at radius 2 is 2.25 bits per heavy atom. The number of hydrogen-bond donors (Lipinski definition) is 2. The van der Waals surface area contributed by atoms with Crippen molar-refractivity contribution in [3.05, 3.63) is 33.9 Å². The first-order chi connectivity index (χ1) is 9.52. The van der Waals surface area contributed by atoms with Crippen molar-refractivity contribution < 1.29 is 19.9 Å². The number of nitrogens with zero attached hydrogens (tertiary/aromatic N) is 2. The van der Waals surface area contributed by atoms with Crippen LogP contribution in [-0.4, -0.2) is 40.8 Å². The number of carboxylic acids is 1. The van der Waals surface area contributed by atoms with Crippen LogP contribution in [0.5, 0.6) is 0 Å². The predicted octanol–water partition coefficient (Wildman–Crippen LogP) is 1.50. The lowest BCUT2D eigenvalue weighted by molar-refractivity contribution is -0.384. The van der Waals surface area contributed by atoms with Crippen molar-refractivity contribution in [1.82, 2.24) is 0 Å². The van der Waals surface area contributed by atoms with Crippen molar-refractivity contribution in [2.24, 2.45) is 5.92 Å². The van der Waals surface area contributed by atoms with Gasteiger partial charge in [0.2, 0.25) is 0 Å². The number of rotatable bonds is 5. The molecule has 0 aliphatic carbocycles. The number of hydrogen-bond acceptors (Lipinski definition) is 5. The topological polar surface area (TPSA) is 104 Å². The molecule has 2 rings (SSSR count). The van der Waals surface area contributed by atoms with Gasteiger partial charge in [-0.05, 0) is 24.8 Å². The summed E-state index contributed by atoms with van der Waals surface area (Å²) in [6.07, 6.45) is 1.57. The molecule has 0 spiro atoms. The highest BCUT2D eigenvalue weighted by Crippen LogP contribution is 2.30. The van der Waals surface area contributed by atoms with Gasteiger partial charge in [-0.2, -0.15) is 0 Å². The van der Waals surface area contributed by atoms with Gasteiger partial charge in [-0.25, -0.2) is 4.79 Å². The number of benzene rings is 1. The van der Waals surface area contributed by atoms with E-state index >= 15 is 0 Å². The number of aromatic carboxylic acids is 1. The third-order valence-corrected chi connectivity index (χ3v) is 3.59. The minimum Gasteiger partial charge on any atom is -0.478 e. The molecule has 0 radical (unpaired) electrons. The van der Waals surface area contributed by atoms with Crippen molar-refractivity contribution in [2.45, 2.75) is 12.8 Å². The van der Waals surface area contributed by atoms with Crippen LogP contribution in [-0.2, 0) is 0 Å². The lowest BCUT2D eigenvalue weighted by Gasteiger charge is -2.20. The molecule has 1 fully saturated rings. The normalized spacial score (nSPS) is 18.2. The largest absolute Gasteiger partial charge is 0.478 e. The standard InChI is InChI=1S/C13H16N2O5/c16-6-4-9-3-5-14(8-9)12-2-1-10(15(19)20)7-11(12)13(17)18/h1-2,7,9,16H,3-6,8H2,(H,17,18). The van der Waals surface area contributed by atoms with Crippen molar-refractivity contribution in [3.8, 4) is 0 Å². The maximum Gasteiger partial charge on any atom is 0.338 e. The quantitative estimate of drug-likeness (QED) is 0.625. The lowest BCUT2D eigenvalue weighted by atomic mass is 10.1. The molecule has 1 unspecified atom stereocenters. The lowest BCUT2D eigenvalue weighted by Crippen LogP contribution is -2.22. The molecule has 7 heteroatoms. The fourth-order valence-electron chi connectivity index (χ4n) is 2.55. The van der Waals surface area contributed by atoms with Crippen LogP contribution in [0.4, 0.5) is 11.4 Å². The molecular weight excluding hydrogens is 264 g/mol. The minimum atomic E-state index is -1.17. The zero-order valence-electron chi connectivity index (χ0n) is 10.9. The molecule has 1 saturated heterocycles. The second kappa shape index (κ2) is 5.87. The summed E-state index contributed by atoms with van der Waals surface area (Å²) >= 11 is 0. The van der Waals surface area contributed by atoms with E-state index in [9.17, 15) is 20.0 Å². The van der Waals surface area contributed by atoms with Gasteiger partial charge in [0.1, 0.15) is 0 Å². The Bertz CT molecular complexity index is 531. The maximum absolute atomic E-state index is 11.3. The van der Waals surface area contributed by atoms with Gasteiger partial charge in [-0.1, -0.05) is 0 Å². The summed E-state index contributed by atoms with van der Waals surface area (Å²) in [6, 6.07) is 3.90. The zero-order valence-corrected chi connectivity index (χ0v) is 10.9. The second-order valence-electron chi connectivity index (χ2n) is 4.88. The average molecular weight is 280 g/mol. The number of aliphatic hydroxyl groups excluding tert-OH is 1. The number of carbonyl (C=O) groups is 1. The Kier molecular flexibility index (Phi) is 4.19. The smallest absolute Gasteiger partial charge is 0.338 e. The predicted molar refractivity (Wildman–Crippen MR) is 72.1 cm³/mol. The van der Waals surface area contributed by atoms with E-state index in [0.29, 0.717) is 31.1 Å². The van der Waals surface area contributed by atoms with E-state index < -0.39 is 10.9 Å². The van der Waals surface area contributed by atoms with Crippen LogP contribution in [0.1, 0.15) is 23.2 Å². The highest BCUT2D eigenvalue weighted by atomic mass is 16.6. The van der Waals surface area contributed by atoms with E-state index in [4.69, 9.17) is 5.11 Å². The Morgan fingerprint density at radius 3 is 2.85 bits per heavy atom. The SMILES string of the molecule is O=C(O)c1cc([N+](=O)[O-])ccc1N1CCC(CCO)C1. The van der Waals surface area contributed by atoms with E-state index in [1.807, 2.05) is 4.90 Å². The summed E-state index contributed by atoms with van der Waals surface area (Å²) in [5.74, 6) is -0.842. The summed E-state index contributed by atoms with van der Waals surface area (Å²) in [5.41, 5.74) is 0.227.